The fraction of sp³-hybridized carbons (Fsp3) is 0.556. The summed E-state index contributed by atoms with van der Waals surface area (Å²) < 4.78 is 0. The normalized spacial score (nSPS) is 31.8. The molecule has 48 valence electrons. The van der Waals surface area contributed by atoms with Crippen LogP contribution in [0.25, 0.3) is 0 Å². The highest BCUT2D eigenvalue weighted by molar-refractivity contribution is 5.36. The van der Waals surface area contributed by atoms with Gasteiger partial charge in [-0.2, -0.15) is 0 Å². The van der Waals surface area contributed by atoms with E-state index in [0.29, 0.717) is 10.8 Å². The van der Waals surface area contributed by atoms with E-state index in [4.69, 9.17) is 0 Å². The molecule has 0 atom stereocenters. The third-order valence-corrected chi connectivity index (χ3v) is 2.77. The first-order valence-electron chi connectivity index (χ1n) is 3.53. The van der Waals surface area contributed by atoms with E-state index < -0.39 is 0 Å². The van der Waals surface area contributed by atoms with Crippen LogP contribution in [-0.4, -0.2) is 0 Å². The van der Waals surface area contributed by atoms with Crippen LogP contribution < -0.4 is 0 Å². The molecule has 0 heteroatoms. The Morgan fingerprint density at radius 2 is 1.56 bits per heavy atom. The number of hydrogen-bond acceptors (Lipinski definition) is 0. The lowest BCUT2D eigenvalue weighted by molar-refractivity contribution is 0.546. The number of allylic oxidation sites excluding steroid dienone is 4. The first kappa shape index (κ1) is 5.28. The van der Waals surface area contributed by atoms with Gasteiger partial charge < -0.3 is 0 Å². The van der Waals surface area contributed by atoms with Gasteiger partial charge in [-0.3, -0.25) is 0 Å². The SMILES string of the molecule is CC1(C)CC12C=CC=C2. The zero-order valence-corrected chi connectivity index (χ0v) is 6.02. The fourth-order valence-electron chi connectivity index (χ4n) is 1.77. The standard InChI is InChI=1S/C9H12/c1-8(2)7-9(8)5-3-4-6-9/h3-6H,7H2,1-2H3. The van der Waals surface area contributed by atoms with E-state index in [0.717, 1.165) is 0 Å². The van der Waals surface area contributed by atoms with Crippen LogP contribution in [0, 0.1) is 10.8 Å². The first-order chi connectivity index (χ1) is 4.16. The van der Waals surface area contributed by atoms with Crippen LogP contribution in [0.1, 0.15) is 20.3 Å². The Labute approximate surface area is 56.3 Å². The summed E-state index contributed by atoms with van der Waals surface area (Å²) in [4.78, 5) is 0. The van der Waals surface area contributed by atoms with Gasteiger partial charge in [0.15, 0.2) is 0 Å². The molecule has 0 heterocycles. The maximum absolute atomic E-state index is 2.33. The van der Waals surface area contributed by atoms with Crippen molar-refractivity contribution < 1.29 is 0 Å². The minimum atomic E-state index is 0.479. The Bertz CT molecular complexity index is 182. The molecule has 0 unspecified atom stereocenters. The summed E-state index contributed by atoms with van der Waals surface area (Å²) >= 11 is 0. The average molecular weight is 120 g/mol. The molecule has 0 nitrogen and oxygen atoms in total. The van der Waals surface area contributed by atoms with Gasteiger partial charge in [-0.1, -0.05) is 38.2 Å². The predicted octanol–water partition coefficient (Wildman–Crippen LogP) is 2.53. The summed E-state index contributed by atoms with van der Waals surface area (Å²) in [6.45, 7) is 4.65. The van der Waals surface area contributed by atoms with Crippen LogP contribution in [0.4, 0.5) is 0 Å². The highest BCUT2D eigenvalue weighted by Gasteiger charge is 2.58. The Morgan fingerprint density at radius 1 is 1.11 bits per heavy atom. The predicted molar refractivity (Wildman–Crippen MR) is 39.1 cm³/mol. The minimum absolute atomic E-state index is 0.479. The molecule has 1 fully saturated rings. The monoisotopic (exact) mass is 120 g/mol. The van der Waals surface area contributed by atoms with Gasteiger partial charge in [0.05, 0.1) is 0 Å². The third-order valence-electron chi connectivity index (χ3n) is 2.77. The molecule has 0 aliphatic heterocycles. The molecule has 1 saturated carbocycles. The molecule has 1 spiro atoms. The van der Waals surface area contributed by atoms with Crippen molar-refractivity contribution in [2.75, 3.05) is 0 Å². The maximum atomic E-state index is 2.33. The second kappa shape index (κ2) is 1.16. The van der Waals surface area contributed by atoms with Gasteiger partial charge in [0, 0.05) is 5.41 Å². The lowest BCUT2D eigenvalue weighted by Gasteiger charge is -2.06. The molecule has 0 aromatic heterocycles. The molecule has 0 N–H and O–H groups in total. The van der Waals surface area contributed by atoms with Crippen molar-refractivity contribution in [3.05, 3.63) is 24.3 Å². The quantitative estimate of drug-likeness (QED) is 0.461. The first-order valence-corrected chi connectivity index (χ1v) is 3.53. The summed E-state index contributed by atoms with van der Waals surface area (Å²) in [5, 5.41) is 0. The molecular formula is C9H12. The van der Waals surface area contributed by atoms with Crippen LogP contribution in [0.3, 0.4) is 0 Å². The van der Waals surface area contributed by atoms with Gasteiger partial charge in [-0.05, 0) is 11.8 Å². The summed E-state index contributed by atoms with van der Waals surface area (Å²) in [6, 6.07) is 0. The van der Waals surface area contributed by atoms with E-state index in [-0.39, 0.29) is 0 Å². The molecular weight excluding hydrogens is 108 g/mol. The van der Waals surface area contributed by atoms with Crippen LogP contribution in [0.15, 0.2) is 24.3 Å². The zero-order valence-electron chi connectivity index (χ0n) is 6.02. The van der Waals surface area contributed by atoms with E-state index in [9.17, 15) is 0 Å². The lowest BCUT2D eigenvalue weighted by Crippen LogP contribution is -1.98. The molecule has 0 bridgehead atoms. The van der Waals surface area contributed by atoms with Crippen molar-refractivity contribution in [2.45, 2.75) is 20.3 Å². The van der Waals surface area contributed by atoms with Gasteiger partial charge in [-0.25, -0.2) is 0 Å². The Hall–Kier alpha value is -0.520. The van der Waals surface area contributed by atoms with Crippen molar-refractivity contribution in [3.63, 3.8) is 0 Å². The molecule has 2 aliphatic carbocycles. The largest absolute Gasteiger partial charge is 0.0740 e. The van der Waals surface area contributed by atoms with Crippen molar-refractivity contribution in [2.24, 2.45) is 10.8 Å². The van der Waals surface area contributed by atoms with Crippen LogP contribution >= 0.6 is 0 Å². The van der Waals surface area contributed by atoms with Crippen LogP contribution in [0.2, 0.25) is 0 Å². The molecule has 0 saturated heterocycles. The van der Waals surface area contributed by atoms with E-state index in [1.807, 2.05) is 0 Å². The van der Waals surface area contributed by atoms with Gasteiger partial charge in [-0.15, -0.1) is 0 Å². The Kier molecular flexibility index (Phi) is 0.678. The number of rotatable bonds is 0. The van der Waals surface area contributed by atoms with Crippen LogP contribution in [-0.2, 0) is 0 Å². The Balaban J connectivity index is 2.34. The lowest BCUT2D eigenvalue weighted by atomic mass is 9.98. The topological polar surface area (TPSA) is 0 Å². The maximum Gasteiger partial charge on any atom is 0.0124 e. The van der Waals surface area contributed by atoms with Gasteiger partial charge in [0.1, 0.15) is 0 Å². The van der Waals surface area contributed by atoms with Gasteiger partial charge in [0.25, 0.3) is 0 Å². The second-order valence-electron chi connectivity index (χ2n) is 3.82. The van der Waals surface area contributed by atoms with E-state index in [1.54, 1.807) is 0 Å². The highest BCUT2D eigenvalue weighted by atomic mass is 14.6. The van der Waals surface area contributed by atoms with E-state index in [1.165, 1.54) is 6.42 Å². The van der Waals surface area contributed by atoms with Crippen molar-refractivity contribution in [1.29, 1.82) is 0 Å². The van der Waals surface area contributed by atoms with Crippen LogP contribution in [0.5, 0.6) is 0 Å². The number of hydrogen-bond donors (Lipinski definition) is 0. The van der Waals surface area contributed by atoms with Gasteiger partial charge >= 0.3 is 0 Å². The van der Waals surface area contributed by atoms with Crippen molar-refractivity contribution >= 4 is 0 Å². The van der Waals surface area contributed by atoms with Crippen molar-refractivity contribution in [3.8, 4) is 0 Å². The summed E-state index contributed by atoms with van der Waals surface area (Å²) in [7, 11) is 0. The fourth-order valence-corrected chi connectivity index (χ4v) is 1.77. The average Bonchev–Trinajstić information content (AvgIpc) is 2.27. The minimum Gasteiger partial charge on any atom is -0.0740 e. The highest BCUT2D eigenvalue weighted by Crippen LogP contribution is 2.66. The Morgan fingerprint density at radius 3 is 1.78 bits per heavy atom. The van der Waals surface area contributed by atoms with Crippen molar-refractivity contribution in [1.82, 2.24) is 0 Å². The molecule has 0 aromatic carbocycles. The molecule has 0 aromatic rings. The summed E-state index contributed by atoms with van der Waals surface area (Å²) in [6.07, 6.45) is 10.3. The van der Waals surface area contributed by atoms with Gasteiger partial charge in [0.2, 0.25) is 0 Å². The smallest absolute Gasteiger partial charge is 0.0124 e. The summed E-state index contributed by atoms with van der Waals surface area (Å²) in [5.74, 6) is 0. The molecule has 9 heavy (non-hydrogen) atoms. The zero-order chi connectivity index (χ0) is 6.54. The summed E-state index contributed by atoms with van der Waals surface area (Å²) in [5.41, 5.74) is 1.03. The molecule has 2 aliphatic rings. The molecule has 2 rings (SSSR count). The van der Waals surface area contributed by atoms with E-state index in [2.05, 4.69) is 38.2 Å². The second-order valence-corrected chi connectivity index (χ2v) is 3.82. The molecule has 0 amide bonds. The third kappa shape index (κ3) is 0.487. The molecule has 0 radical (unpaired) electrons. The van der Waals surface area contributed by atoms with E-state index >= 15 is 0 Å².